The molecule has 2 heterocycles. The van der Waals surface area contributed by atoms with Crippen LogP contribution in [0.3, 0.4) is 0 Å². The summed E-state index contributed by atoms with van der Waals surface area (Å²) in [5, 5.41) is 13.3. The monoisotopic (exact) mass is 377 g/mol. The van der Waals surface area contributed by atoms with E-state index in [1.807, 2.05) is 61.5 Å². The highest BCUT2D eigenvalue weighted by Crippen LogP contribution is 2.35. The number of hydrogen-bond donors (Lipinski definition) is 1. The molecular formula is C20H19N5OS. The van der Waals surface area contributed by atoms with Gasteiger partial charge in [0.15, 0.2) is 5.16 Å². The minimum atomic E-state index is -0.0643. The number of benzene rings is 2. The number of rotatable bonds is 6. The van der Waals surface area contributed by atoms with E-state index in [4.69, 9.17) is 4.42 Å². The molecule has 2 aromatic heterocycles. The zero-order chi connectivity index (χ0) is 18.6. The van der Waals surface area contributed by atoms with Crippen LogP contribution in [0.1, 0.15) is 25.0 Å². The zero-order valence-corrected chi connectivity index (χ0v) is 15.9. The lowest BCUT2D eigenvalue weighted by Crippen LogP contribution is -2.03. The van der Waals surface area contributed by atoms with Gasteiger partial charge in [0.2, 0.25) is 11.8 Å². The molecule has 136 valence electrons. The molecule has 2 aromatic carbocycles. The molecule has 0 saturated carbocycles. The normalized spacial score (nSPS) is 12.2. The van der Waals surface area contributed by atoms with E-state index in [1.54, 1.807) is 0 Å². The van der Waals surface area contributed by atoms with Gasteiger partial charge in [-0.2, -0.15) is 0 Å². The maximum Gasteiger partial charge on any atom is 0.247 e. The summed E-state index contributed by atoms with van der Waals surface area (Å²) in [7, 11) is 0. The van der Waals surface area contributed by atoms with Gasteiger partial charge in [-0.1, -0.05) is 42.1 Å². The maximum atomic E-state index is 5.85. The summed E-state index contributed by atoms with van der Waals surface area (Å²) in [5.41, 5.74) is 1.82. The predicted octanol–water partition coefficient (Wildman–Crippen LogP) is 4.96. The summed E-state index contributed by atoms with van der Waals surface area (Å²) in [5.74, 6) is 1.92. The number of hydrogen-bond acceptors (Lipinski definition) is 7. The van der Waals surface area contributed by atoms with Crippen molar-refractivity contribution in [2.24, 2.45) is 0 Å². The fourth-order valence-electron chi connectivity index (χ4n) is 2.71. The molecule has 0 aliphatic rings. The van der Waals surface area contributed by atoms with Crippen LogP contribution in [0.25, 0.3) is 22.4 Å². The van der Waals surface area contributed by atoms with E-state index in [2.05, 4.69) is 32.4 Å². The van der Waals surface area contributed by atoms with Crippen molar-refractivity contribution < 1.29 is 4.42 Å². The van der Waals surface area contributed by atoms with E-state index in [0.717, 1.165) is 28.8 Å². The first-order valence-corrected chi connectivity index (χ1v) is 9.68. The fourth-order valence-corrected chi connectivity index (χ4v) is 3.52. The van der Waals surface area contributed by atoms with Crippen LogP contribution >= 0.6 is 11.8 Å². The summed E-state index contributed by atoms with van der Waals surface area (Å²) in [6, 6.07) is 17.7. The Morgan fingerprint density at radius 3 is 2.59 bits per heavy atom. The molecule has 1 unspecified atom stereocenters. The van der Waals surface area contributed by atoms with E-state index in [-0.39, 0.29) is 5.25 Å². The van der Waals surface area contributed by atoms with Crippen LogP contribution in [0.15, 0.2) is 64.2 Å². The van der Waals surface area contributed by atoms with Gasteiger partial charge in [0.25, 0.3) is 0 Å². The van der Waals surface area contributed by atoms with Gasteiger partial charge >= 0.3 is 0 Å². The van der Waals surface area contributed by atoms with E-state index in [9.17, 15) is 0 Å². The third kappa shape index (κ3) is 3.78. The Kier molecular flexibility index (Phi) is 5.02. The Bertz CT molecular complexity index is 1050. The molecule has 27 heavy (non-hydrogen) atoms. The first kappa shape index (κ1) is 17.5. The number of anilines is 1. The zero-order valence-electron chi connectivity index (χ0n) is 15.1. The number of nitrogens with zero attached hydrogens (tertiary/aromatic N) is 4. The second-order valence-electron chi connectivity index (χ2n) is 5.97. The van der Waals surface area contributed by atoms with Crippen molar-refractivity contribution in [3.8, 4) is 11.5 Å². The summed E-state index contributed by atoms with van der Waals surface area (Å²) in [4.78, 5) is 9.34. The molecule has 0 aliphatic carbocycles. The number of aromatic nitrogens is 4. The van der Waals surface area contributed by atoms with Gasteiger partial charge in [0.05, 0.1) is 10.8 Å². The molecule has 0 saturated heterocycles. The minimum absolute atomic E-state index is 0.0643. The first-order chi connectivity index (χ1) is 13.2. The molecule has 7 heteroatoms. The first-order valence-electron chi connectivity index (χ1n) is 8.80. The summed E-state index contributed by atoms with van der Waals surface area (Å²) < 4.78 is 5.85. The lowest BCUT2D eigenvalue weighted by Gasteiger charge is -2.10. The van der Waals surface area contributed by atoms with E-state index >= 15 is 0 Å². The standard InChI is InChI=1S/C20H19N5OS/c1-3-21-17-15-11-7-8-12-16(15)22-20(23-17)27-13(2)18-24-25-19(26-18)14-9-5-4-6-10-14/h4-13H,3H2,1-2H3,(H,21,22,23). The summed E-state index contributed by atoms with van der Waals surface area (Å²) in [6.07, 6.45) is 0. The van der Waals surface area contributed by atoms with Gasteiger partial charge in [-0.15, -0.1) is 10.2 Å². The quantitative estimate of drug-likeness (QED) is 0.376. The molecule has 1 N–H and O–H groups in total. The Morgan fingerprint density at radius 1 is 1.00 bits per heavy atom. The second-order valence-corrected chi connectivity index (χ2v) is 7.28. The van der Waals surface area contributed by atoms with Gasteiger partial charge in [-0.25, -0.2) is 9.97 Å². The maximum absolute atomic E-state index is 5.85. The minimum Gasteiger partial charge on any atom is -0.419 e. The molecule has 0 aliphatic heterocycles. The lowest BCUT2D eigenvalue weighted by molar-refractivity contribution is 0.509. The third-order valence-electron chi connectivity index (χ3n) is 4.02. The van der Waals surface area contributed by atoms with Crippen LogP contribution in [0.4, 0.5) is 5.82 Å². The largest absolute Gasteiger partial charge is 0.419 e. The van der Waals surface area contributed by atoms with Crippen LogP contribution in [-0.4, -0.2) is 26.7 Å². The van der Waals surface area contributed by atoms with E-state index in [1.165, 1.54) is 11.8 Å². The van der Waals surface area contributed by atoms with Crippen molar-refractivity contribution in [3.05, 3.63) is 60.5 Å². The lowest BCUT2D eigenvalue weighted by atomic mass is 10.2. The molecule has 0 fully saturated rings. The van der Waals surface area contributed by atoms with Crippen LogP contribution in [0, 0.1) is 0 Å². The highest BCUT2D eigenvalue weighted by Gasteiger charge is 2.18. The van der Waals surface area contributed by atoms with Crippen molar-refractivity contribution in [3.63, 3.8) is 0 Å². The Labute approximate surface area is 161 Å². The highest BCUT2D eigenvalue weighted by atomic mass is 32.2. The summed E-state index contributed by atoms with van der Waals surface area (Å²) >= 11 is 1.50. The predicted molar refractivity (Wildman–Crippen MR) is 108 cm³/mol. The average molecular weight is 377 g/mol. The van der Waals surface area contributed by atoms with Crippen LogP contribution in [0.5, 0.6) is 0 Å². The van der Waals surface area contributed by atoms with Crippen LogP contribution in [0.2, 0.25) is 0 Å². The molecule has 4 aromatic rings. The van der Waals surface area contributed by atoms with Crippen molar-refractivity contribution in [2.75, 3.05) is 11.9 Å². The molecule has 1 atom stereocenters. The van der Waals surface area contributed by atoms with Gasteiger partial charge in [-0.3, -0.25) is 0 Å². The van der Waals surface area contributed by atoms with E-state index in [0.29, 0.717) is 16.9 Å². The average Bonchev–Trinajstić information content (AvgIpc) is 3.19. The SMILES string of the molecule is CCNc1nc(SC(C)c2nnc(-c3ccccc3)o2)nc2ccccc12. The highest BCUT2D eigenvalue weighted by molar-refractivity contribution is 7.99. The van der Waals surface area contributed by atoms with Crippen LogP contribution in [-0.2, 0) is 0 Å². The number of thioether (sulfide) groups is 1. The van der Waals surface area contributed by atoms with Gasteiger partial charge in [0.1, 0.15) is 5.82 Å². The third-order valence-corrected chi connectivity index (χ3v) is 4.97. The second kappa shape index (κ2) is 7.75. The van der Waals surface area contributed by atoms with Crippen molar-refractivity contribution in [2.45, 2.75) is 24.3 Å². The fraction of sp³-hybridized carbons (Fsp3) is 0.200. The van der Waals surface area contributed by atoms with Crippen LogP contribution < -0.4 is 5.32 Å². The molecular weight excluding hydrogens is 358 g/mol. The number of nitrogens with one attached hydrogen (secondary N) is 1. The van der Waals surface area contributed by atoms with Gasteiger partial charge in [-0.05, 0) is 38.1 Å². The summed E-state index contributed by atoms with van der Waals surface area (Å²) in [6.45, 7) is 4.86. The Morgan fingerprint density at radius 2 is 1.78 bits per heavy atom. The van der Waals surface area contributed by atoms with Crippen molar-refractivity contribution in [1.82, 2.24) is 20.2 Å². The van der Waals surface area contributed by atoms with Crippen molar-refractivity contribution in [1.29, 1.82) is 0 Å². The topological polar surface area (TPSA) is 76.7 Å². The molecule has 0 spiro atoms. The Hall–Kier alpha value is -2.93. The molecule has 4 rings (SSSR count). The smallest absolute Gasteiger partial charge is 0.247 e. The Balaban J connectivity index is 1.59. The number of para-hydroxylation sites is 1. The molecule has 0 bridgehead atoms. The van der Waals surface area contributed by atoms with E-state index < -0.39 is 0 Å². The molecule has 0 radical (unpaired) electrons. The molecule has 0 amide bonds. The van der Waals surface area contributed by atoms with Gasteiger partial charge in [0, 0.05) is 17.5 Å². The number of fused-ring (bicyclic) bond motifs is 1. The molecule has 6 nitrogen and oxygen atoms in total. The van der Waals surface area contributed by atoms with Crippen molar-refractivity contribution >= 4 is 28.5 Å². The van der Waals surface area contributed by atoms with Gasteiger partial charge < -0.3 is 9.73 Å².